The number of methoxy groups -OCH3 is 2. The number of aryl methyl sites for hydroxylation is 1. The Balaban J connectivity index is 1.62. The highest BCUT2D eigenvalue weighted by Crippen LogP contribution is 2.32. The van der Waals surface area contributed by atoms with Gasteiger partial charge in [0.2, 0.25) is 5.13 Å². The summed E-state index contributed by atoms with van der Waals surface area (Å²) in [5.74, 6) is 1.13. The molecule has 29 heavy (non-hydrogen) atoms. The van der Waals surface area contributed by atoms with Crippen LogP contribution in [-0.4, -0.2) is 47.1 Å². The normalized spacial score (nSPS) is 10.9. The van der Waals surface area contributed by atoms with Crippen molar-refractivity contribution in [3.63, 3.8) is 0 Å². The first-order valence-corrected chi connectivity index (χ1v) is 10.9. The Bertz CT molecular complexity index is 984. The van der Waals surface area contributed by atoms with Gasteiger partial charge in [0, 0.05) is 30.6 Å². The summed E-state index contributed by atoms with van der Waals surface area (Å²) in [6, 6.07) is 9.56. The molecule has 0 radical (unpaired) electrons. The molecule has 0 spiro atoms. The van der Waals surface area contributed by atoms with Gasteiger partial charge < -0.3 is 19.4 Å². The molecule has 3 aromatic rings. The van der Waals surface area contributed by atoms with Crippen LogP contribution in [0, 0.1) is 13.8 Å². The van der Waals surface area contributed by atoms with E-state index in [0.717, 1.165) is 39.3 Å². The number of nitrogens with one attached hydrogen (secondary N) is 1. The molecule has 0 aliphatic rings. The van der Waals surface area contributed by atoms with E-state index in [0.29, 0.717) is 17.5 Å². The molecule has 1 N–H and O–H groups in total. The fourth-order valence-electron chi connectivity index (χ4n) is 3.00. The zero-order valence-electron chi connectivity index (χ0n) is 16.9. The van der Waals surface area contributed by atoms with Crippen LogP contribution in [0.1, 0.15) is 21.7 Å². The fraction of sp³-hybridized carbons (Fsp3) is 0.350. The minimum absolute atomic E-state index is 0.0844. The lowest BCUT2D eigenvalue weighted by molar-refractivity contribution is 0.102. The van der Waals surface area contributed by atoms with Crippen LogP contribution in [0.15, 0.2) is 34.7 Å². The van der Waals surface area contributed by atoms with Crippen molar-refractivity contribution in [3.8, 4) is 5.75 Å². The second-order valence-electron chi connectivity index (χ2n) is 6.34. The molecule has 0 saturated carbocycles. The predicted molar refractivity (Wildman–Crippen MR) is 117 cm³/mol. The van der Waals surface area contributed by atoms with Gasteiger partial charge in [0.1, 0.15) is 5.75 Å². The van der Waals surface area contributed by atoms with Crippen molar-refractivity contribution >= 4 is 39.7 Å². The summed E-state index contributed by atoms with van der Waals surface area (Å²) < 4.78 is 13.3. The maximum Gasteiger partial charge on any atom is 0.210 e. The Labute approximate surface area is 178 Å². The van der Waals surface area contributed by atoms with E-state index in [-0.39, 0.29) is 5.78 Å². The third-order valence-electron chi connectivity index (χ3n) is 4.47. The zero-order chi connectivity index (χ0) is 20.8. The van der Waals surface area contributed by atoms with Crippen LogP contribution in [0.4, 0.5) is 10.8 Å². The van der Waals surface area contributed by atoms with E-state index in [2.05, 4.69) is 20.1 Å². The van der Waals surface area contributed by atoms with Crippen molar-refractivity contribution in [3.05, 3.63) is 47.3 Å². The lowest BCUT2D eigenvalue weighted by atomic mass is 10.2. The van der Waals surface area contributed by atoms with Crippen molar-refractivity contribution < 1.29 is 14.3 Å². The van der Waals surface area contributed by atoms with Gasteiger partial charge in [-0.3, -0.25) is 4.79 Å². The highest BCUT2D eigenvalue weighted by molar-refractivity contribution is 8.01. The molecular weight excluding hydrogens is 408 g/mol. The summed E-state index contributed by atoms with van der Waals surface area (Å²) in [6.07, 6.45) is 0. The molecule has 0 atom stereocenters. The molecule has 1 aromatic carbocycles. The number of ether oxygens (including phenoxy) is 2. The highest BCUT2D eigenvalue weighted by Gasteiger charge is 2.17. The molecule has 2 aromatic heterocycles. The third-order valence-corrected chi connectivity index (χ3v) is 6.45. The molecule has 154 valence electrons. The summed E-state index contributed by atoms with van der Waals surface area (Å²) in [4.78, 5) is 12.7. The second-order valence-corrected chi connectivity index (χ2v) is 8.54. The van der Waals surface area contributed by atoms with Crippen LogP contribution >= 0.6 is 23.1 Å². The first-order chi connectivity index (χ1) is 14.0. The number of hydrogen-bond acceptors (Lipinski definition) is 8. The molecule has 2 heterocycles. The van der Waals surface area contributed by atoms with Gasteiger partial charge in [0.15, 0.2) is 10.1 Å². The maximum atomic E-state index is 12.7. The summed E-state index contributed by atoms with van der Waals surface area (Å²) in [7, 11) is 3.30. The van der Waals surface area contributed by atoms with Gasteiger partial charge in [0.05, 0.1) is 25.2 Å². The van der Waals surface area contributed by atoms with Gasteiger partial charge in [-0.1, -0.05) is 35.2 Å². The lowest BCUT2D eigenvalue weighted by Crippen LogP contribution is -2.09. The van der Waals surface area contributed by atoms with Gasteiger partial charge in [-0.05, 0) is 32.0 Å². The van der Waals surface area contributed by atoms with Crippen LogP contribution in [-0.2, 0) is 11.3 Å². The first-order valence-electron chi connectivity index (χ1n) is 9.08. The van der Waals surface area contributed by atoms with Crippen LogP contribution in [0.25, 0.3) is 0 Å². The number of carbonyl (C=O) groups is 1. The average Bonchev–Trinajstić information content (AvgIpc) is 3.29. The van der Waals surface area contributed by atoms with E-state index >= 15 is 0 Å². The van der Waals surface area contributed by atoms with E-state index in [4.69, 9.17) is 9.47 Å². The Kier molecular flexibility index (Phi) is 7.29. The highest BCUT2D eigenvalue weighted by atomic mass is 32.2. The molecule has 0 saturated heterocycles. The summed E-state index contributed by atoms with van der Waals surface area (Å²) in [6.45, 7) is 5.34. The van der Waals surface area contributed by atoms with E-state index in [1.54, 1.807) is 14.2 Å². The van der Waals surface area contributed by atoms with Crippen molar-refractivity contribution in [1.29, 1.82) is 0 Å². The average molecular weight is 433 g/mol. The number of rotatable bonds is 10. The summed E-state index contributed by atoms with van der Waals surface area (Å²) in [5, 5.41) is 12.2. The molecule has 0 fully saturated rings. The molecule has 0 unspecified atom stereocenters. The van der Waals surface area contributed by atoms with Crippen LogP contribution in [0.3, 0.4) is 0 Å². The zero-order valence-corrected chi connectivity index (χ0v) is 18.5. The first kappa shape index (κ1) is 21.4. The van der Waals surface area contributed by atoms with Gasteiger partial charge in [-0.15, -0.1) is 10.2 Å². The minimum Gasteiger partial charge on any atom is -0.495 e. The number of aromatic nitrogens is 3. The molecular formula is C20H24N4O3S2. The minimum atomic E-state index is 0.0844. The van der Waals surface area contributed by atoms with Crippen LogP contribution in [0.5, 0.6) is 5.75 Å². The van der Waals surface area contributed by atoms with Gasteiger partial charge in [-0.2, -0.15) is 0 Å². The molecule has 3 rings (SSSR count). The van der Waals surface area contributed by atoms with Gasteiger partial charge in [0.25, 0.3) is 0 Å². The topological polar surface area (TPSA) is 78.3 Å². The molecule has 9 heteroatoms. The number of Topliss-reactive ketones (excluding diaryl/α,β-unsaturated/α-hetero) is 1. The number of benzene rings is 1. The van der Waals surface area contributed by atoms with Crippen LogP contribution in [0.2, 0.25) is 0 Å². The molecule has 0 aliphatic carbocycles. The second kappa shape index (κ2) is 9.91. The number of nitrogens with zero attached hydrogens (tertiary/aromatic N) is 3. The quantitative estimate of drug-likeness (QED) is 0.377. The van der Waals surface area contributed by atoms with Crippen LogP contribution < -0.4 is 10.1 Å². The lowest BCUT2D eigenvalue weighted by Gasteiger charge is -2.08. The predicted octanol–water partition coefficient (Wildman–Crippen LogP) is 4.33. The van der Waals surface area contributed by atoms with Crippen molar-refractivity contribution in [1.82, 2.24) is 14.8 Å². The summed E-state index contributed by atoms with van der Waals surface area (Å²) in [5.41, 5.74) is 3.61. The smallest absolute Gasteiger partial charge is 0.210 e. The fourth-order valence-corrected chi connectivity index (χ4v) is 4.64. The largest absolute Gasteiger partial charge is 0.495 e. The summed E-state index contributed by atoms with van der Waals surface area (Å²) >= 11 is 2.80. The molecule has 0 bridgehead atoms. The van der Waals surface area contributed by atoms with E-state index in [1.165, 1.54) is 23.1 Å². The monoisotopic (exact) mass is 432 g/mol. The Morgan fingerprint density at radius 1 is 1.24 bits per heavy atom. The molecule has 7 nitrogen and oxygen atoms in total. The Hall–Kier alpha value is -2.36. The van der Waals surface area contributed by atoms with Gasteiger partial charge in [-0.25, -0.2) is 0 Å². The third kappa shape index (κ3) is 5.17. The number of thioether (sulfide) groups is 1. The number of ketones is 1. The maximum absolute atomic E-state index is 12.7. The molecule has 0 amide bonds. The number of carbonyl (C=O) groups excluding carboxylic acids is 1. The number of anilines is 2. The van der Waals surface area contributed by atoms with Crippen molar-refractivity contribution in [2.24, 2.45) is 0 Å². The van der Waals surface area contributed by atoms with E-state index < -0.39 is 0 Å². The van der Waals surface area contributed by atoms with E-state index in [9.17, 15) is 4.79 Å². The molecule has 0 aliphatic heterocycles. The SMILES string of the molecule is COCCn1c(C)cc(C(=O)CSc2nnc(Nc3ccccc3OC)s2)c1C. The van der Waals surface area contributed by atoms with Crippen molar-refractivity contribution in [2.75, 3.05) is 31.9 Å². The van der Waals surface area contributed by atoms with Gasteiger partial charge >= 0.3 is 0 Å². The Morgan fingerprint density at radius 3 is 2.79 bits per heavy atom. The number of hydrogen-bond donors (Lipinski definition) is 1. The number of para-hydroxylation sites is 2. The Morgan fingerprint density at radius 2 is 2.03 bits per heavy atom. The van der Waals surface area contributed by atoms with E-state index in [1.807, 2.05) is 44.2 Å². The standard InChI is InChI=1S/C20H24N4O3S2/c1-13-11-15(14(2)24(13)9-10-26-3)17(25)12-28-20-23-22-19(29-20)21-16-7-5-6-8-18(16)27-4/h5-8,11H,9-10,12H2,1-4H3,(H,21,22). The van der Waals surface area contributed by atoms with Crippen molar-refractivity contribution in [2.45, 2.75) is 24.7 Å².